The van der Waals surface area contributed by atoms with Gasteiger partial charge in [0.05, 0.1) is 12.1 Å². The van der Waals surface area contributed by atoms with Crippen LogP contribution in [0.2, 0.25) is 5.02 Å². The predicted molar refractivity (Wildman–Crippen MR) is 108 cm³/mol. The number of rotatable bonds is 6. The monoisotopic (exact) mass is 442 g/mol. The summed E-state index contributed by atoms with van der Waals surface area (Å²) in [6.07, 6.45) is -3.31. The van der Waals surface area contributed by atoms with Crippen molar-refractivity contribution in [1.29, 1.82) is 0 Å². The van der Waals surface area contributed by atoms with E-state index in [4.69, 9.17) is 16.3 Å². The van der Waals surface area contributed by atoms with Crippen LogP contribution < -0.4 is 10.1 Å². The van der Waals surface area contributed by atoms with E-state index in [1.165, 1.54) is 12.1 Å². The number of amides is 1. The normalized spacial score (nSPS) is 20.0. The lowest BCUT2D eigenvalue weighted by Gasteiger charge is -2.38. The fourth-order valence-corrected chi connectivity index (χ4v) is 3.59. The molecule has 30 heavy (non-hydrogen) atoms. The van der Waals surface area contributed by atoms with Crippen molar-refractivity contribution in [2.75, 3.05) is 31.6 Å². The van der Waals surface area contributed by atoms with Crippen molar-refractivity contribution in [3.63, 3.8) is 0 Å². The minimum atomic E-state index is -4.48. The summed E-state index contributed by atoms with van der Waals surface area (Å²) >= 11 is 5.93. The van der Waals surface area contributed by atoms with Crippen molar-refractivity contribution in [2.45, 2.75) is 24.6 Å². The van der Waals surface area contributed by atoms with Gasteiger partial charge in [-0.15, -0.1) is 0 Å². The maximum Gasteiger partial charge on any atom is 0.416 e. The highest BCUT2D eigenvalue weighted by Crippen LogP contribution is 2.30. The number of carbonyl (C=O) groups excluding carboxylic acids is 1. The van der Waals surface area contributed by atoms with Crippen molar-refractivity contribution in [1.82, 2.24) is 4.90 Å². The van der Waals surface area contributed by atoms with Crippen LogP contribution in [0.3, 0.4) is 0 Å². The van der Waals surface area contributed by atoms with Gasteiger partial charge in [-0.2, -0.15) is 13.2 Å². The van der Waals surface area contributed by atoms with E-state index in [2.05, 4.69) is 5.32 Å². The summed E-state index contributed by atoms with van der Waals surface area (Å²) in [5.74, 6) is 0.0877. The van der Waals surface area contributed by atoms with Gasteiger partial charge in [0.15, 0.2) is 0 Å². The van der Waals surface area contributed by atoms with Crippen LogP contribution in [0.15, 0.2) is 48.5 Å². The number of hydrogen-bond acceptors (Lipinski definition) is 4. The van der Waals surface area contributed by atoms with E-state index in [9.17, 15) is 23.1 Å². The maximum absolute atomic E-state index is 12.8. The fraction of sp³-hybridized carbons (Fsp3) is 0.381. The molecule has 1 heterocycles. The zero-order valence-corrected chi connectivity index (χ0v) is 16.8. The van der Waals surface area contributed by atoms with Crippen molar-refractivity contribution >= 4 is 23.2 Å². The predicted octanol–water partition coefficient (Wildman–Crippen LogP) is 4.20. The number of aliphatic hydroxyl groups is 1. The first kappa shape index (κ1) is 22.4. The summed E-state index contributed by atoms with van der Waals surface area (Å²) in [5.41, 5.74) is -1.89. The van der Waals surface area contributed by atoms with Crippen LogP contribution >= 0.6 is 11.6 Å². The van der Waals surface area contributed by atoms with Crippen LogP contribution in [-0.2, 0) is 11.0 Å². The van der Waals surface area contributed by atoms with Gasteiger partial charge in [0.1, 0.15) is 18.0 Å². The Bertz CT molecular complexity index is 894. The molecule has 1 saturated heterocycles. The zero-order chi connectivity index (χ0) is 21.8. The van der Waals surface area contributed by atoms with E-state index in [0.717, 1.165) is 12.1 Å². The minimum absolute atomic E-state index is 0.0408. The third-order valence-electron chi connectivity index (χ3n) is 4.78. The molecule has 0 spiro atoms. The largest absolute Gasteiger partial charge is 0.490 e. The number of benzene rings is 2. The van der Waals surface area contributed by atoms with E-state index < -0.39 is 23.2 Å². The molecule has 9 heteroatoms. The second-order valence-corrected chi connectivity index (χ2v) is 7.85. The molecule has 1 amide bonds. The molecule has 5 nitrogen and oxygen atoms in total. The molecule has 3 rings (SSSR count). The lowest BCUT2D eigenvalue weighted by Crippen LogP contribution is -2.53. The molecule has 0 saturated carbocycles. The number of ether oxygens (including phenoxy) is 1. The summed E-state index contributed by atoms with van der Waals surface area (Å²) in [6, 6.07) is 11.3. The molecule has 2 aromatic carbocycles. The highest BCUT2D eigenvalue weighted by Gasteiger charge is 2.35. The van der Waals surface area contributed by atoms with E-state index in [1.807, 2.05) is 0 Å². The second kappa shape index (κ2) is 9.24. The first-order valence-electron chi connectivity index (χ1n) is 9.43. The molecule has 2 aromatic rings. The first-order valence-corrected chi connectivity index (χ1v) is 9.81. The Kier molecular flexibility index (Phi) is 6.90. The van der Waals surface area contributed by atoms with Crippen molar-refractivity contribution in [3.8, 4) is 5.75 Å². The van der Waals surface area contributed by atoms with Crippen LogP contribution in [-0.4, -0.2) is 47.8 Å². The average molecular weight is 443 g/mol. The fourth-order valence-electron chi connectivity index (χ4n) is 3.41. The summed E-state index contributed by atoms with van der Waals surface area (Å²) < 4.78 is 44.1. The third kappa shape index (κ3) is 6.35. The average Bonchev–Trinajstić information content (AvgIpc) is 2.66. The molecule has 1 atom stereocenters. The Morgan fingerprint density at radius 1 is 1.23 bits per heavy atom. The quantitative estimate of drug-likeness (QED) is 0.703. The Labute approximate surface area is 177 Å². The molecule has 1 aliphatic rings. The number of carbonyl (C=O) groups is 1. The van der Waals surface area contributed by atoms with Gasteiger partial charge in [-0.25, -0.2) is 0 Å². The van der Waals surface area contributed by atoms with E-state index >= 15 is 0 Å². The topological polar surface area (TPSA) is 61.8 Å². The maximum atomic E-state index is 12.8. The first-order chi connectivity index (χ1) is 14.1. The van der Waals surface area contributed by atoms with Crippen molar-refractivity contribution < 1.29 is 27.8 Å². The third-order valence-corrected chi connectivity index (χ3v) is 5.01. The molecule has 0 bridgehead atoms. The standard InChI is InChI=1S/C21H22ClF3N2O3/c22-16-5-2-7-18(11-16)30-14-20(29)8-3-9-27(13-20)12-19(28)26-17-6-1-4-15(10-17)21(23,24)25/h1-2,4-7,10-11,29H,3,8-9,12-14H2,(H,26,28). The summed E-state index contributed by atoms with van der Waals surface area (Å²) in [4.78, 5) is 14.1. The number of β-amino-alcohol motifs (C(OH)–C–C–N with tert-alkyl or cyclic N) is 1. The molecular formula is C21H22ClF3N2O3. The number of anilines is 1. The molecule has 0 aliphatic carbocycles. The van der Waals surface area contributed by atoms with Crippen LogP contribution in [0.4, 0.5) is 18.9 Å². The van der Waals surface area contributed by atoms with Gasteiger partial charge in [-0.05, 0) is 55.8 Å². The summed E-state index contributed by atoms with van der Waals surface area (Å²) in [7, 11) is 0. The number of nitrogens with one attached hydrogen (secondary N) is 1. The lowest BCUT2D eigenvalue weighted by molar-refractivity contribution is -0.137. The molecule has 1 aliphatic heterocycles. The summed E-state index contributed by atoms with van der Waals surface area (Å²) in [5, 5.41) is 13.9. The molecule has 2 N–H and O–H groups in total. The molecule has 0 radical (unpaired) electrons. The molecule has 0 aromatic heterocycles. The van der Waals surface area contributed by atoms with Gasteiger partial charge in [-0.1, -0.05) is 23.7 Å². The number of nitrogens with zero attached hydrogens (tertiary/aromatic N) is 1. The van der Waals surface area contributed by atoms with E-state index in [1.54, 1.807) is 29.2 Å². The number of piperidine rings is 1. The van der Waals surface area contributed by atoms with Gasteiger partial charge >= 0.3 is 6.18 Å². The van der Waals surface area contributed by atoms with Gasteiger partial charge in [0.2, 0.25) is 5.91 Å². The molecule has 162 valence electrons. The number of alkyl halides is 3. The lowest BCUT2D eigenvalue weighted by atomic mass is 9.93. The molecule has 1 fully saturated rings. The smallest absolute Gasteiger partial charge is 0.416 e. The van der Waals surface area contributed by atoms with Crippen LogP contribution in [0.1, 0.15) is 18.4 Å². The van der Waals surface area contributed by atoms with Gasteiger partial charge in [0.25, 0.3) is 0 Å². The zero-order valence-electron chi connectivity index (χ0n) is 16.1. The number of likely N-dealkylation sites (tertiary alicyclic amines) is 1. The summed E-state index contributed by atoms with van der Waals surface area (Å²) in [6.45, 7) is 0.799. The number of hydrogen-bond donors (Lipinski definition) is 2. The van der Waals surface area contributed by atoms with Gasteiger partial charge in [0, 0.05) is 17.3 Å². The van der Waals surface area contributed by atoms with Gasteiger partial charge < -0.3 is 15.2 Å². The van der Waals surface area contributed by atoms with Crippen LogP contribution in [0.5, 0.6) is 5.75 Å². The Morgan fingerprint density at radius 3 is 2.73 bits per heavy atom. The molecular weight excluding hydrogens is 421 g/mol. The van der Waals surface area contributed by atoms with Gasteiger partial charge in [-0.3, -0.25) is 9.69 Å². The number of halogens is 4. The molecule has 1 unspecified atom stereocenters. The Balaban J connectivity index is 1.54. The van der Waals surface area contributed by atoms with Crippen molar-refractivity contribution in [3.05, 3.63) is 59.1 Å². The minimum Gasteiger partial charge on any atom is -0.490 e. The van der Waals surface area contributed by atoms with Crippen LogP contribution in [0.25, 0.3) is 0 Å². The van der Waals surface area contributed by atoms with Crippen LogP contribution in [0, 0.1) is 0 Å². The Hall–Kier alpha value is -2.29. The second-order valence-electron chi connectivity index (χ2n) is 7.41. The Morgan fingerprint density at radius 2 is 2.00 bits per heavy atom. The van der Waals surface area contributed by atoms with E-state index in [0.29, 0.717) is 30.2 Å². The van der Waals surface area contributed by atoms with Crippen molar-refractivity contribution in [2.24, 2.45) is 0 Å². The van der Waals surface area contributed by atoms with E-state index in [-0.39, 0.29) is 25.4 Å². The highest BCUT2D eigenvalue weighted by molar-refractivity contribution is 6.30. The SMILES string of the molecule is O=C(CN1CCCC(O)(COc2cccc(Cl)c2)C1)Nc1cccc(C(F)(F)F)c1. The highest BCUT2D eigenvalue weighted by atomic mass is 35.5.